The molecule has 1 aromatic rings. The maximum absolute atomic E-state index is 11.3. The fraction of sp³-hybridized carbons (Fsp3) is 0.556. The monoisotopic (exact) mass is 213 g/mol. The SMILES string of the molecule is Cc1nc(C(C)NC(=O)[C@@H](C)N)cs1. The van der Waals surface area contributed by atoms with E-state index in [1.165, 1.54) is 0 Å². The van der Waals surface area contributed by atoms with E-state index < -0.39 is 6.04 Å². The quantitative estimate of drug-likeness (QED) is 0.786. The molecule has 0 aliphatic heterocycles. The van der Waals surface area contributed by atoms with Gasteiger partial charge in [0.15, 0.2) is 0 Å². The number of thiazole rings is 1. The summed E-state index contributed by atoms with van der Waals surface area (Å²) in [6, 6.07) is -0.546. The predicted octanol–water partition coefficient (Wildman–Crippen LogP) is 0.976. The zero-order valence-electron chi connectivity index (χ0n) is 8.57. The summed E-state index contributed by atoms with van der Waals surface area (Å²) in [7, 11) is 0. The molecule has 4 nitrogen and oxygen atoms in total. The highest BCUT2D eigenvalue weighted by Gasteiger charge is 2.14. The van der Waals surface area contributed by atoms with Gasteiger partial charge < -0.3 is 11.1 Å². The number of nitrogens with one attached hydrogen (secondary N) is 1. The number of hydrogen-bond acceptors (Lipinski definition) is 4. The summed E-state index contributed by atoms with van der Waals surface area (Å²) in [5, 5.41) is 5.74. The first-order chi connectivity index (χ1) is 6.50. The lowest BCUT2D eigenvalue weighted by atomic mass is 10.2. The standard InChI is InChI=1S/C9H15N3OS/c1-5(10)9(13)11-6(2)8-4-14-7(3)12-8/h4-6H,10H2,1-3H3,(H,11,13)/t5-,6?/m1/s1. The van der Waals surface area contributed by atoms with Crippen LogP contribution in [-0.2, 0) is 4.79 Å². The van der Waals surface area contributed by atoms with Gasteiger partial charge in [-0.15, -0.1) is 11.3 Å². The second-order valence-corrected chi connectivity index (χ2v) is 4.37. The number of carbonyl (C=O) groups excluding carboxylic acids is 1. The van der Waals surface area contributed by atoms with Gasteiger partial charge in [0.25, 0.3) is 0 Å². The third kappa shape index (κ3) is 2.78. The van der Waals surface area contributed by atoms with Crippen LogP contribution in [0.3, 0.4) is 0 Å². The molecule has 0 saturated carbocycles. The molecule has 2 atom stereocenters. The van der Waals surface area contributed by atoms with E-state index in [4.69, 9.17) is 5.73 Å². The molecular formula is C9H15N3OS. The van der Waals surface area contributed by atoms with E-state index >= 15 is 0 Å². The normalized spacial score (nSPS) is 14.9. The van der Waals surface area contributed by atoms with Crippen LogP contribution in [0.1, 0.15) is 30.6 Å². The number of hydrogen-bond donors (Lipinski definition) is 2. The molecule has 1 unspecified atom stereocenters. The Morgan fingerprint density at radius 1 is 1.64 bits per heavy atom. The van der Waals surface area contributed by atoms with Crippen molar-refractivity contribution in [1.29, 1.82) is 0 Å². The fourth-order valence-corrected chi connectivity index (χ4v) is 1.70. The van der Waals surface area contributed by atoms with Gasteiger partial charge in [0, 0.05) is 5.38 Å². The molecule has 0 bridgehead atoms. The Kier molecular flexibility index (Phi) is 3.60. The first kappa shape index (κ1) is 11.1. The first-order valence-corrected chi connectivity index (χ1v) is 5.36. The number of nitrogens with zero attached hydrogens (tertiary/aromatic N) is 1. The van der Waals surface area contributed by atoms with E-state index in [2.05, 4.69) is 10.3 Å². The smallest absolute Gasteiger partial charge is 0.237 e. The van der Waals surface area contributed by atoms with Gasteiger partial charge in [0.05, 0.1) is 22.8 Å². The lowest BCUT2D eigenvalue weighted by Gasteiger charge is -2.13. The Balaban J connectivity index is 2.59. The van der Waals surface area contributed by atoms with Crippen LogP contribution in [0, 0.1) is 6.92 Å². The molecular weight excluding hydrogens is 198 g/mol. The van der Waals surface area contributed by atoms with E-state index in [0.717, 1.165) is 10.7 Å². The molecule has 0 spiro atoms. The Morgan fingerprint density at radius 2 is 2.29 bits per heavy atom. The van der Waals surface area contributed by atoms with Gasteiger partial charge >= 0.3 is 0 Å². The lowest BCUT2D eigenvalue weighted by Crippen LogP contribution is -2.39. The van der Waals surface area contributed by atoms with Gasteiger partial charge in [-0.1, -0.05) is 0 Å². The van der Waals surface area contributed by atoms with Crippen LogP contribution >= 0.6 is 11.3 Å². The second kappa shape index (κ2) is 4.52. The van der Waals surface area contributed by atoms with Crippen molar-refractivity contribution in [2.24, 2.45) is 5.73 Å². The molecule has 0 saturated heterocycles. The van der Waals surface area contributed by atoms with Crippen molar-refractivity contribution in [3.05, 3.63) is 16.1 Å². The molecule has 78 valence electrons. The summed E-state index contributed by atoms with van der Waals surface area (Å²) >= 11 is 1.57. The van der Waals surface area contributed by atoms with Crippen LogP contribution in [0.2, 0.25) is 0 Å². The maximum atomic E-state index is 11.3. The van der Waals surface area contributed by atoms with Gasteiger partial charge in [-0.3, -0.25) is 4.79 Å². The minimum atomic E-state index is -0.475. The van der Waals surface area contributed by atoms with Gasteiger partial charge in [-0.2, -0.15) is 0 Å². The molecule has 3 N–H and O–H groups in total. The Bertz CT molecular complexity index is 322. The molecule has 5 heteroatoms. The Labute approximate surface area is 87.5 Å². The van der Waals surface area contributed by atoms with Crippen LogP contribution in [0.5, 0.6) is 0 Å². The van der Waals surface area contributed by atoms with Crippen LogP contribution in [0.15, 0.2) is 5.38 Å². The zero-order chi connectivity index (χ0) is 10.7. The topological polar surface area (TPSA) is 68.0 Å². The number of carbonyl (C=O) groups is 1. The van der Waals surface area contributed by atoms with Gasteiger partial charge in [0.2, 0.25) is 5.91 Å². The summed E-state index contributed by atoms with van der Waals surface area (Å²) in [6.45, 7) is 5.50. The van der Waals surface area contributed by atoms with Crippen LogP contribution in [-0.4, -0.2) is 16.9 Å². The number of aromatic nitrogens is 1. The number of nitrogens with two attached hydrogens (primary N) is 1. The highest BCUT2D eigenvalue weighted by atomic mass is 32.1. The minimum Gasteiger partial charge on any atom is -0.347 e. The number of rotatable bonds is 3. The summed E-state index contributed by atoms with van der Waals surface area (Å²) in [5.41, 5.74) is 6.33. The molecule has 1 heterocycles. The third-order valence-electron chi connectivity index (χ3n) is 1.85. The molecule has 0 aliphatic rings. The highest BCUT2D eigenvalue weighted by molar-refractivity contribution is 7.09. The summed E-state index contributed by atoms with van der Waals surface area (Å²) in [4.78, 5) is 15.6. The Morgan fingerprint density at radius 3 is 2.71 bits per heavy atom. The Hall–Kier alpha value is -0.940. The van der Waals surface area contributed by atoms with Crippen LogP contribution in [0.25, 0.3) is 0 Å². The second-order valence-electron chi connectivity index (χ2n) is 3.31. The van der Waals surface area contributed by atoms with Crippen molar-refractivity contribution in [2.45, 2.75) is 32.9 Å². The van der Waals surface area contributed by atoms with Crippen molar-refractivity contribution >= 4 is 17.2 Å². The van der Waals surface area contributed by atoms with E-state index in [1.807, 2.05) is 19.2 Å². The summed E-state index contributed by atoms with van der Waals surface area (Å²) < 4.78 is 0. The van der Waals surface area contributed by atoms with Crippen LogP contribution in [0.4, 0.5) is 0 Å². The molecule has 0 aliphatic carbocycles. The molecule has 1 aromatic heterocycles. The summed E-state index contributed by atoms with van der Waals surface area (Å²) in [6.07, 6.45) is 0. The first-order valence-electron chi connectivity index (χ1n) is 4.48. The molecule has 1 amide bonds. The zero-order valence-corrected chi connectivity index (χ0v) is 9.39. The largest absolute Gasteiger partial charge is 0.347 e. The predicted molar refractivity (Wildman–Crippen MR) is 57.1 cm³/mol. The van der Waals surface area contributed by atoms with Crippen molar-refractivity contribution < 1.29 is 4.79 Å². The lowest BCUT2D eigenvalue weighted by molar-refractivity contribution is -0.122. The van der Waals surface area contributed by atoms with Gasteiger partial charge in [-0.05, 0) is 20.8 Å². The van der Waals surface area contributed by atoms with E-state index in [-0.39, 0.29) is 11.9 Å². The average Bonchev–Trinajstić information content (AvgIpc) is 2.51. The molecule has 1 rings (SSSR count). The van der Waals surface area contributed by atoms with Crippen molar-refractivity contribution in [3.63, 3.8) is 0 Å². The third-order valence-corrected chi connectivity index (χ3v) is 2.64. The van der Waals surface area contributed by atoms with Crippen molar-refractivity contribution in [2.75, 3.05) is 0 Å². The van der Waals surface area contributed by atoms with Crippen LogP contribution < -0.4 is 11.1 Å². The molecule has 0 aromatic carbocycles. The van der Waals surface area contributed by atoms with E-state index in [1.54, 1.807) is 18.3 Å². The number of aryl methyl sites for hydroxylation is 1. The average molecular weight is 213 g/mol. The molecule has 0 radical (unpaired) electrons. The van der Waals surface area contributed by atoms with Gasteiger partial charge in [-0.25, -0.2) is 4.98 Å². The fourth-order valence-electron chi connectivity index (χ4n) is 0.998. The summed E-state index contributed by atoms with van der Waals surface area (Å²) in [5.74, 6) is -0.150. The maximum Gasteiger partial charge on any atom is 0.237 e. The molecule has 14 heavy (non-hydrogen) atoms. The van der Waals surface area contributed by atoms with Crippen molar-refractivity contribution in [1.82, 2.24) is 10.3 Å². The molecule has 0 fully saturated rings. The number of amides is 1. The highest BCUT2D eigenvalue weighted by Crippen LogP contribution is 2.15. The van der Waals surface area contributed by atoms with Gasteiger partial charge in [0.1, 0.15) is 0 Å². The van der Waals surface area contributed by atoms with E-state index in [0.29, 0.717) is 0 Å². The minimum absolute atomic E-state index is 0.0709. The van der Waals surface area contributed by atoms with E-state index in [9.17, 15) is 4.79 Å². The van der Waals surface area contributed by atoms with Crippen molar-refractivity contribution in [3.8, 4) is 0 Å².